The molecule has 0 aromatic heterocycles. The van der Waals surface area contributed by atoms with Crippen molar-refractivity contribution < 1.29 is 0 Å². The molecule has 0 saturated carbocycles. The van der Waals surface area contributed by atoms with E-state index in [1.165, 1.54) is 11.1 Å². The topological polar surface area (TPSA) is 29.3 Å². The normalized spacial score (nSPS) is 9.50. The van der Waals surface area contributed by atoms with Gasteiger partial charge in [0.05, 0.1) is 6.54 Å². The number of rotatable bonds is 3. The van der Waals surface area contributed by atoms with E-state index in [-0.39, 0.29) is 0 Å². The Morgan fingerprint density at radius 3 is 2.50 bits per heavy atom. The smallest absolute Gasteiger partial charge is 0.0585 e. The Balaban J connectivity index is 2.64. The highest BCUT2D eigenvalue weighted by Gasteiger charge is 1.93. The van der Waals surface area contributed by atoms with E-state index in [0.717, 1.165) is 0 Å². The van der Waals surface area contributed by atoms with Crippen LogP contribution in [-0.2, 0) is 6.54 Å². The van der Waals surface area contributed by atoms with Crippen LogP contribution in [0.3, 0.4) is 0 Å². The van der Waals surface area contributed by atoms with Gasteiger partial charge >= 0.3 is 0 Å². The molecule has 2 heteroatoms. The highest BCUT2D eigenvalue weighted by Crippen LogP contribution is 2.04. The summed E-state index contributed by atoms with van der Waals surface area (Å²) >= 11 is 0. The van der Waals surface area contributed by atoms with E-state index in [9.17, 15) is 0 Å². The van der Waals surface area contributed by atoms with Gasteiger partial charge in [0, 0.05) is 6.20 Å². The van der Waals surface area contributed by atoms with E-state index < -0.39 is 0 Å². The molecule has 1 aromatic rings. The van der Waals surface area contributed by atoms with Crippen LogP contribution in [0.1, 0.15) is 11.1 Å². The van der Waals surface area contributed by atoms with E-state index in [0.29, 0.717) is 6.54 Å². The average molecular weight is 162 g/mol. The van der Waals surface area contributed by atoms with Crippen molar-refractivity contribution in [2.24, 2.45) is 5.84 Å². The molecule has 0 amide bonds. The molecule has 0 radical (unpaired) electrons. The molecule has 0 heterocycles. The molecule has 0 aliphatic carbocycles. The molecule has 0 aliphatic rings. The molecule has 64 valence electrons. The van der Waals surface area contributed by atoms with Gasteiger partial charge in [0.1, 0.15) is 0 Å². The van der Waals surface area contributed by atoms with Crippen molar-refractivity contribution in [1.82, 2.24) is 5.01 Å². The van der Waals surface area contributed by atoms with Gasteiger partial charge in [-0.15, -0.1) is 0 Å². The second-order valence-corrected chi connectivity index (χ2v) is 2.84. The van der Waals surface area contributed by atoms with Crippen LogP contribution in [0.15, 0.2) is 37.0 Å². The molecule has 0 unspecified atom stereocenters. The molecule has 0 saturated heterocycles. The molecule has 0 spiro atoms. The number of nitrogens with two attached hydrogens (primary N) is 1. The minimum atomic E-state index is 0.712. The fourth-order valence-electron chi connectivity index (χ4n) is 0.969. The second-order valence-electron chi connectivity index (χ2n) is 2.84. The Labute approximate surface area is 73.3 Å². The first-order valence-electron chi connectivity index (χ1n) is 3.92. The first-order valence-corrected chi connectivity index (χ1v) is 3.92. The molecular formula is C10H14N2. The Morgan fingerprint density at radius 1 is 1.42 bits per heavy atom. The molecule has 0 aliphatic heterocycles. The Bertz CT molecular complexity index is 251. The summed E-state index contributed by atoms with van der Waals surface area (Å²) in [5.74, 6) is 5.56. The second kappa shape index (κ2) is 3.93. The van der Waals surface area contributed by atoms with Crippen LogP contribution >= 0.6 is 0 Å². The lowest BCUT2D eigenvalue weighted by atomic mass is 10.1. The lowest BCUT2D eigenvalue weighted by molar-refractivity contribution is 0.388. The first kappa shape index (κ1) is 8.81. The molecule has 0 bridgehead atoms. The van der Waals surface area contributed by atoms with Crippen LogP contribution in [0.25, 0.3) is 0 Å². The van der Waals surface area contributed by atoms with Gasteiger partial charge in [-0.25, -0.2) is 5.84 Å². The number of nitrogens with zero attached hydrogens (tertiary/aromatic N) is 1. The summed E-state index contributed by atoms with van der Waals surface area (Å²) in [5, 5.41) is 1.56. The summed E-state index contributed by atoms with van der Waals surface area (Å²) in [7, 11) is 0. The van der Waals surface area contributed by atoms with Crippen molar-refractivity contribution in [3.05, 3.63) is 48.2 Å². The lowest BCUT2D eigenvalue weighted by Gasteiger charge is -2.12. The summed E-state index contributed by atoms with van der Waals surface area (Å²) in [5.41, 5.74) is 2.46. The van der Waals surface area contributed by atoms with Crippen molar-refractivity contribution in [1.29, 1.82) is 0 Å². The summed E-state index contributed by atoms with van der Waals surface area (Å²) < 4.78 is 0. The maximum Gasteiger partial charge on any atom is 0.0585 e. The summed E-state index contributed by atoms with van der Waals surface area (Å²) in [6.07, 6.45) is 1.61. The lowest BCUT2D eigenvalue weighted by Crippen LogP contribution is -2.23. The third-order valence-corrected chi connectivity index (χ3v) is 1.72. The van der Waals surface area contributed by atoms with Gasteiger partial charge in [0.15, 0.2) is 0 Å². The van der Waals surface area contributed by atoms with Crippen molar-refractivity contribution in [2.75, 3.05) is 0 Å². The number of hydrogen-bond donors (Lipinski definition) is 1. The van der Waals surface area contributed by atoms with Gasteiger partial charge in [-0.05, 0) is 12.5 Å². The fraction of sp³-hybridized carbons (Fsp3) is 0.200. The Kier molecular flexibility index (Phi) is 2.88. The van der Waals surface area contributed by atoms with Crippen LogP contribution < -0.4 is 5.84 Å². The minimum absolute atomic E-state index is 0.712. The zero-order valence-corrected chi connectivity index (χ0v) is 7.33. The van der Waals surface area contributed by atoms with Crippen LogP contribution in [0.4, 0.5) is 0 Å². The first-order chi connectivity index (χ1) is 5.72. The van der Waals surface area contributed by atoms with Crippen molar-refractivity contribution >= 4 is 0 Å². The molecule has 12 heavy (non-hydrogen) atoms. The van der Waals surface area contributed by atoms with Crippen LogP contribution in [0, 0.1) is 6.92 Å². The SMILES string of the molecule is C=CN(N)Cc1ccc(C)cc1. The zero-order chi connectivity index (χ0) is 8.97. The van der Waals surface area contributed by atoms with Gasteiger partial charge in [-0.2, -0.15) is 0 Å². The highest BCUT2D eigenvalue weighted by atomic mass is 15.4. The Hall–Kier alpha value is -1.28. The third-order valence-electron chi connectivity index (χ3n) is 1.72. The monoisotopic (exact) mass is 162 g/mol. The van der Waals surface area contributed by atoms with Gasteiger partial charge in [0.25, 0.3) is 0 Å². The number of aryl methyl sites for hydroxylation is 1. The van der Waals surface area contributed by atoms with Gasteiger partial charge in [-0.1, -0.05) is 36.4 Å². The van der Waals surface area contributed by atoms with Crippen LogP contribution in [0.5, 0.6) is 0 Å². The predicted molar refractivity (Wildman–Crippen MR) is 51.1 cm³/mol. The van der Waals surface area contributed by atoms with E-state index >= 15 is 0 Å². The minimum Gasteiger partial charge on any atom is -0.314 e. The van der Waals surface area contributed by atoms with Crippen molar-refractivity contribution in [2.45, 2.75) is 13.5 Å². The maximum atomic E-state index is 5.56. The quantitative estimate of drug-likeness (QED) is 0.542. The number of benzene rings is 1. The molecule has 0 atom stereocenters. The molecule has 1 rings (SSSR count). The number of hydrogen-bond acceptors (Lipinski definition) is 2. The van der Waals surface area contributed by atoms with Gasteiger partial charge in [-0.3, -0.25) is 0 Å². The summed E-state index contributed by atoms with van der Waals surface area (Å²) in [6.45, 7) is 6.35. The molecular weight excluding hydrogens is 148 g/mol. The van der Waals surface area contributed by atoms with Gasteiger partial charge < -0.3 is 5.01 Å². The van der Waals surface area contributed by atoms with E-state index in [1.54, 1.807) is 11.2 Å². The molecule has 1 aromatic carbocycles. The van der Waals surface area contributed by atoms with E-state index in [1.807, 2.05) is 0 Å². The van der Waals surface area contributed by atoms with Crippen molar-refractivity contribution in [3.8, 4) is 0 Å². The molecule has 2 N–H and O–H groups in total. The molecule has 2 nitrogen and oxygen atoms in total. The summed E-state index contributed by atoms with van der Waals surface area (Å²) in [4.78, 5) is 0. The van der Waals surface area contributed by atoms with Crippen LogP contribution in [0.2, 0.25) is 0 Å². The number of hydrazine groups is 1. The third kappa shape index (κ3) is 2.40. The predicted octanol–water partition coefficient (Wildman–Crippen LogP) is 1.81. The van der Waals surface area contributed by atoms with E-state index in [2.05, 4.69) is 37.8 Å². The van der Waals surface area contributed by atoms with E-state index in [4.69, 9.17) is 5.84 Å². The van der Waals surface area contributed by atoms with Crippen molar-refractivity contribution in [3.63, 3.8) is 0 Å². The van der Waals surface area contributed by atoms with Gasteiger partial charge in [0.2, 0.25) is 0 Å². The standard InChI is InChI=1S/C10H14N2/c1-3-12(11)8-10-6-4-9(2)5-7-10/h3-7H,1,8,11H2,2H3. The summed E-state index contributed by atoms with van der Waals surface area (Å²) in [6, 6.07) is 8.29. The average Bonchev–Trinajstić information content (AvgIpc) is 2.09. The maximum absolute atomic E-state index is 5.56. The molecule has 0 fully saturated rings. The fourth-order valence-corrected chi connectivity index (χ4v) is 0.969. The Morgan fingerprint density at radius 2 is 2.00 bits per heavy atom. The highest BCUT2D eigenvalue weighted by molar-refractivity contribution is 5.21. The zero-order valence-electron chi connectivity index (χ0n) is 7.33. The van der Waals surface area contributed by atoms with Crippen LogP contribution in [-0.4, -0.2) is 5.01 Å². The largest absolute Gasteiger partial charge is 0.314 e.